The summed E-state index contributed by atoms with van der Waals surface area (Å²) in [5.74, 6) is 1.90. The molecule has 0 aromatic heterocycles. The van der Waals surface area contributed by atoms with Crippen molar-refractivity contribution in [2.24, 2.45) is 34.0 Å². The highest BCUT2D eigenvalue weighted by atomic mass is 16.7. The van der Waals surface area contributed by atoms with Gasteiger partial charge in [-0.3, -0.25) is 4.79 Å². The van der Waals surface area contributed by atoms with Crippen molar-refractivity contribution in [3.63, 3.8) is 0 Å². The molecule has 4 bridgehead atoms. The molecule has 2 saturated heterocycles. The summed E-state index contributed by atoms with van der Waals surface area (Å²) in [5, 5.41) is 22.7. The van der Waals surface area contributed by atoms with Crippen LogP contribution in [0.1, 0.15) is 46.0 Å². The summed E-state index contributed by atoms with van der Waals surface area (Å²) in [4.78, 5) is 13.5. The number of hydrogen-bond donors (Lipinski definition) is 2. The predicted octanol–water partition coefficient (Wildman–Crippen LogP) is 2.06. The highest BCUT2D eigenvalue weighted by Crippen LogP contribution is 2.75. The van der Waals surface area contributed by atoms with Crippen molar-refractivity contribution in [3.05, 3.63) is 12.2 Å². The Morgan fingerprint density at radius 3 is 2.79 bits per heavy atom. The second kappa shape index (κ2) is 5.70. The Hall–Kier alpha value is -1.19. The van der Waals surface area contributed by atoms with Gasteiger partial charge in [0.25, 0.3) is 0 Å². The molecule has 2 N–H and O–H groups in total. The van der Waals surface area contributed by atoms with Gasteiger partial charge in [0.2, 0.25) is 0 Å². The van der Waals surface area contributed by atoms with Crippen LogP contribution in [0.15, 0.2) is 12.2 Å². The predicted molar refractivity (Wildman–Crippen MR) is 102 cm³/mol. The number of aliphatic hydroxyl groups excluding tert-OH is 2. The van der Waals surface area contributed by atoms with E-state index in [0.29, 0.717) is 18.4 Å². The van der Waals surface area contributed by atoms with Crippen molar-refractivity contribution >= 4 is 5.78 Å². The van der Waals surface area contributed by atoms with Gasteiger partial charge < -0.3 is 19.7 Å². The van der Waals surface area contributed by atoms with Gasteiger partial charge in [0.1, 0.15) is 6.61 Å². The molecule has 0 radical (unpaired) electrons. The number of carbonyl (C=O) groups excluding carboxylic acids is 1. The van der Waals surface area contributed by atoms with E-state index in [1.54, 1.807) is 0 Å². The molecule has 4 saturated carbocycles. The van der Waals surface area contributed by atoms with Crippen molar-refractivity contribution < 1.29 is 24.5 Å². The lowest BCUT2D eigenvalue weighted by Gasteiger charge is -2.72. The molecule has 2 aliphatic heterocycles. The summed E-state index contributed by atoms with van der Waals surface area (Å²) in [6, 6.07) is 0. The molecular formula is C23H30O5. The first-order valence-corrected chi connectivity index (χ1v) is 10.5. The number of hydrogen-bond acceptors (Lipinski definition) is 5. The second-order valence-corrected chi connectivity index (χ2v) is 10.3. The van der Waals surface area contributed by atoms with E-state index in [0.717, 1.165) is 19.3 Å². The molecule has 0 aromatic rings. The fraction of sp³-hybridized carbons (Fsp3) is 0.783. The molecule has 0 unspecified atom stereocenters. The number of Topliss-reactive ketones (excluding diaryl/α,β-unsaturated/α-hetero) is 1. The van der Waals surface area contributed by atoms with E-state index in [4.69, 9.17) is 15.9 Å². The molecule has 6 aliphatic rings. The van der Waals surface area contributed by atoms with Gasteiger partial charge in [-0.05, 0) is 42.6 Å². The molecule has 4 aliphatic carbocycles. The lowest BCUT2D eigenvalue weighted by Crippen LogP contribution is -2.78. The highest BCUT2D eigenvalue weighted by molar-refractivity contribution is 6.04. The number of terminal acetylenes is 1. The molecule has 9 atom stereocenters. The standard InChI is InChI=1S/C23H30O5/c1-5-9-27-20-22-8-6-7-21(3,4)15(22)11-16(28-20)23-17(22)14(24)10-13(19(23)26)12(2)18(23)25/h1,13-17,19-20,24,26H,2,6-11H2,3-4H3/t13-,14-,15+,16+,17-,19+,20-,22-,23+/m0/s1. The summed E-state index contributed by atoms with van der Waals surface area (Å²) in [7, 11) is 0. The third-order valence-electron chi connectivity index (χ3n) is 9.03. The molecule has 2 spiro atoms. The zero-order valence-corrected chi connectivity index (χ0v) is 16.7. The van der Waals surface area contributed by atoms with Crippen LogP contribution in [-0.2, 0) is 14.3 Å². The minimum absolute atomic E-state index is 0.0415. The Kier molecular flexibility index (Phi) is 3.83. The Balaban J connectivity index is 1.72. The molecule has 0 aromatic carbocycles. The largest absolute Gasteiger partial charge is 0.393 e. The molecule has 6 fully saturated rings. The third kappa shape index (κ3) is 1.87. The van der Waals surface area contributed by atoms with E-state index in [9.17, 15) is 15.0 Å². The third-order valence-corrected chi connectivity index (χ3v) is 9.03. The van der Waals surface area contributed by atoms with Crippen LogP contribution in [0.3, 0.4) is 0 Å². The maximum absolute atomic E-state index is 13.5. The Morgan fingerprint density at radius 1 is 1.32 bits per heavy atom. The zero-order chi connectivity index (χ0) is 20.1. The Bertz CT molecular complexity index is 780. The van der Waals surface area contributed by atoms with Gasteiger partial charge >= 0.3 is 0 Å². The maximum atomic E-state index is 13.5. The minimum atomic E-state index is -1.10. The lowest BCUT2D eigenvalue weighted by molar-refractivity contribution is -0.400. The first-order chi connectivity index (χ1) is 13.2. The van der Waals surface area contributed by atoms with Crippen LogP contribution in [0.2, 0.25) is 0 Å². The fourth-order valence-electron chi connectivity index (χ4n) is 8.19. The number of ketones is 1. The number of rotatable bonds is 2. The molecule has 28 heavy (non-hydrogen) atoms. The first-order valence-electron chi connectivity index (χ1n) is 10.5. The highest BCUT2D eigenvalue weighted by Gasteiger charge is 2.81. The van der Waals surface area contributed by atoms with Gasteiger partial charge in [-0.15, -0.1) is 6.42 Å². The Labute approximate surface area is 166 Å². The normalized spacial score (nSPS) is 53.5. The molecular weight excluding hydrogens is 356 g/mol. The molecule has 5 heteroatoms. The smallest absolute Gasteiger partial charge is 0.170 e. The van der Waals surface area contributed by atoms with Crippen LogP contribution in [0.5, 0.6) is 0 Å². The summed E-state index contributed by atoms with van der Waals surface area (Å²) in [6.45, 7) is 8.67. The van der Waals surface area contributed by atoms with Crippen LogP contribution < -0.4 is 0 Å². The van der Waals surface area contributed by atoms with Crippen LogP contribution in [0.4, 0.5) is 0 Å². The van der Waals surface area contributed by atoms with Crippen LogP contribution >= 0.6 is 0 Å². The van der Waals surface area contributed by atoms with Gasteiger partial charge in [-0.1, -0.05) is 32.8 Å². The number of ether oxygens (including phenoxy) is 2. The van der Waals surface area contributed by atoms with Crippen molar-refractivity contribution in [1.82, 2.24) is 0 Å². The molecule has 0 amide bonds. The SMILES string of the molecule is C#CCO[C@H]1O[C@@H]2C[C@@H]3C(C)(C)CCC[C@]13[C@@H]1[C@@H](O)C[C@H]3C(=C)C(=O)[C@@]21[C@@H]3O. The summed E-state index contributed by atoms with van der Waals surface area (Å²) in [5.41, 5.74) is -1.13. The Morgan fingerprint density at radius 2 is 2.07 bits per heavy atom. The monoisotopic (exact) mass is 386 g/mol. The van der Waals surface area contributed by atoms with Gasteiger partial charge in [-0.2, -0.15) is 0 Å². The topological polar surface area (TPSA) is 76.0 Å². The van der Waals surface area contributed by atoms with E-state index in [1.807, 2.05) is 0 Å². The van der Waals surface area contributed by atoms with Crippen molar-refractivity contribution in [3.8, 4) is 12.3 Å². The zero-order valence-electron chi connectivity index (χ0n) is 16.7. The van der Waals surface area contributed by atoms with E-state index in [1.165, 1.54) is 0 Å². The molecule has 6 rings (SSSR count). The van der Waals surface area contributed by atoms with Crippen LogP contribution in [-0.4, -0.2) is 47.2 Å². The summed E-state index contributed by atoms with van der Waals surface area (Å²) < 4.78 is 12.5. The van der Waals surface area contributed by atoms with Gasteiger partial charge in [-0.25, -0.2) is 0 Å². The average Bonchev–Trinajstić information content (AvgIpc) is 2.76. The average molecular weight is 386 g/mol. The van der Waals surface area contributed by atoms with Gasteiger partial charge in [0, 0.05) is 17.3 Å². The van der Waals surface area contributed by atoms with Crippen molar-refractivity contribution in [1.29, 1.82) is 0 Å². The maximum Gasteiger partial charge on any atom is 0.170 e. The van der Waals surface area contributed by atoms with Gasteiger partial charge in [0.15, 0.2) is 12.1 Å². The molecule has 5 nitrogen and oxygen atoms in total. The number of aliphatic hydroxyl groups is 2. The molecule has 2 heterocycles. The fourth-order valence-corrected chi connectivity index (χ4v) is 8.19. The van der Waals surface area contributed by atoms with Gasteiger partial charge in [0.05, 0.1) is 23.7 Å². The first kappa shape index (κ1) is 18.8. The number of fused-ring (bicyclic) bond motifs is 2. The van der Waals surface area contributed by atoms with E-state index in [2.05, 4.69) is 26.3 Å². The van der Waals surface area contributed by atoms with Crippen molar-refractivity contribution in [2.75, 3.05) is 6.61 Å². The quantitative estimate of drug-likeness (QED) is 0.561. The van der Waals surface area contributed by atoms with E-state index < -0.39 is 41.3 Å². The molecule has 152 valence electrons. The number of carbonyl (C=O) groups is 1. The lowest BCUT2D eigenvalue weighted by atomic mass is 9.37. The summed E-state index contributed by atoms with van der Waals surface area (Å²) >= 11 is 0. The van der Waals surface area contributed by atoms with Crippen LogP contribution in [0, 0.1) is 46.3 Å². The van der Waals surface area contributed by atoms with Crippen LogP contribution in [0.25, 0.3) is 0 Å². The van der Waals surface area contributed by atoms with Crippen molar-refractivity contribution in [2.45, 2.75) is 70.6 Å². The summed E-state index contributed by atoms with van der Waals surface area (Å²) in [6.07, 6.45) is 6.85. The second-order valence-electron chi connectivity index (χ2n) is 10.3. The van der Waals surface area contributed by atoms with E-state index >= 15 is 0 Å². The minimum Gasteiger partial charge on any atom is -0.393 e. The van der Waals surface area contributed by atoms with E-state index in [-0.39, 0.29) is 29.6 Å².